The molecule has 0 aromatic heterocycles. The molecule has 0 atom stereocenters. The van der Waals surface area contributed by atoms with Crippen molar-refractivity contribution in [2.45, 2.75) is 42.8 Å². The lowest BCUT2D eigenvalue weighted by atomic mass is 9.96. The van der Waals surface area contributed by atoms with Gasteiger partial charge in [0.05, 0.1) is 5.69 Å². The number of anilines is 2. The van der Waals surface area contributed by atoms with Gasteiger partial charge in [0, 0.05) is 38.4 Å². The molecule has 2 fully saturated rings. The molecule has 2 aromatic carbocycles. The Morgan fingerprint density at radius 3 is 2.31 bits per heavy atom. The lowest BCUT2D eigenvalue weighted by Gasteiger charge is -2.45. The standard InChI is InChI=1S/C22H28N4O2S/c27-29(28)21-6-2-1-5-20(21)23-22(24-29)11-15-25(16-12-22)17-18-7-9-19(10-8-18)26-13-3-4-14-26/h1-2,5-10,23-24H,3-4,11-17H2. The first kappa shape index (κ1) is 18.9. The second-order valence-electron chi connectivity index (χ2n) is 8.45. The van der Waals surface area contributed by atoms with Crippen molar-refractivity contribution < 1.29 is 8.42 Å². The number of likely N-dealkylation sites (tertiary alicyclic amines) is 1. The molecule has 3 aliphatic rings. The van der Waals surface area contributed by atoms with E-state index in [0.717, 1.165) is 32.5 Å². The first-order chi connectivity index (χ1) is 14.0. The molecule has 0 aliphatic carbocycles. The number of nitrogens with one attached hydrogen (secondary N) is 2. The van der Waals surface area contributed by atoms with E-state index in [1.54, 1.807) is 12.1 Å². The summed E-state index contributed by atoms with van der Waals surface area (Å²) in [5.41, 5.74) is 2.76. The Morgan fingerprint density at radius 1 is 0.897 bits per heavy atom. The predicted molar refractivity (Wildman–Crippen MR) is 116 cm³/mol. The summed E-state index contributed by atoms with van der Waals surface area (Å²) >= 11 is 0. The summed E-state index contributed by atoms with van der Waals surface area (Å²) in [5, 5.41) is 3.47. The van der Waals surface area contributed by atoms with Crippen LogP contribution in [0.1, 0.15) is 31.2 Å². The van der Waals surface area contributed by atoms with E-state index in [-0.39, 0.29) is 0 Å². The van der Waals surface area contributed by atoms with Crippen molar-refractivity contribution >= 4 is 21.4 Å². The number of fused-ring (bicyclic) bond motifs is 1. The van der Waals surface area contributed by atoms with Crippen molar-refractivity contribution in [2.24, 2.45) is 0 Å². The summed E-state index contributed by atoms with van der Waals surface area (Å²) in [5.74, 6) is 0. The third-order valence-corrected chi connectivity index (χ3v) is 8.00. The number of piperidine rings is 1. The van der Waals surface area contributed by atoms with E-state index in [1.807, 2.05) is 12.1 Å². The lowest BCUT2D eigenvalue weighted by molar-refractivity contribution is 0.159. The zero-order valence-corrected chi connectivity index (χ0v) is 17.4. The zero-order valence-electron chi connectivity index (χ0n) is 16.6. The molecule has 2 aromatic rings. The molecular weight excluding hydrogens is 384 g/mol. The van der Waals surface area contributed by atoms with Crippen LogP contribution < -0.4 is 14.9 Å². The maximum atomic E-state index is 12.7. The molecule has 3 heterocycles. The van der Waals surface area contributed by atoms with Gasteiger partial charge in [0.25, 0.3) is 0 Å². The van der Waals surface area contributed by atoms with Crippen LogP contribution in [0.2, 0.25) is 0 Å². The van der Waals surface area contributed by atoms with Gasteiger partial charge in [-0.2, -0.15) is 4.72 Å². The topological polar surface area (TPSA) is 64.7 Å². The molecule has 0 saturated carbocycles. The number of benzene rings is 2. The highest BCUT2D eigenvalue weighted by Crippen LogP contribution is 2.35. The van der Waals surface area contributed by atoms with E-state index in [2.05, 4.69) is 44.1 Å². The average molecular weight is 413 g/mol. The van der Waals surface area contributed by atoms with Gasteiger partial charge in [-0.1, -0.05) is 24.3 Å². The number of rotatable bonds is 3. The highest BCUT2D eigenvalue weighted by molar-refractivity contribution is 7.89. The zero-order chi connectivity index (χ0) is 19.9. The van der Waals surface area contributed by atoms with Crippen molar-refractivity contribution in [3.8, 4) is 0 Å². The van der Waals surface area contributed by atoms with E-state index < -0.39 is 15.7 Å². The molecule has 0 bridgehead atoms. The third kappa shape index (κ3) is 3.74. The molecule has 154 valence electrons. The molecule has 5 rings (SSSR count). The van der Waals surface area contributed by atoms with E-state index in [1.165, 1.54) is 37.2 Å². The number of hydrogen-bond acceptors (Lipinski definition) is 5. The summed E-state index contributed by atoms with van der Waals surface area (Å²) in [6.45, 7) is 4.94. The van der Waals surface area contributed by atoms with Crippen LogP contribution in [0.15, 0.2) is 53.4 Å². The minimum absolute atomic E-state index is 0.339. The van der Waals surface area contributed by atoms with Crippen LogP contribution in [-0.4, -0.2) is 45.2 Å². The molecule has 1 spiro atoms. The van der Waals surface area contributed by atoms with Crippen LogP contribution in [0.4, 0.5) is 11.4 Å². The Balaban J connectivity index is 1.23. The van der Waals surface area contributed by atoms with E-state index >= 15 is 0 Å². The van der Waals surface area contributed by atoms with Crippen molar-refractivity contribution in [3.63, 3.8) is 0 Å². The third-order valence-electron chi connectivity index (χ3n) is 6.40. The fourth-order valence-electron chi connectivity index (χ4n) is 4.77. The minimum Gasteiger partial charge on any atom is -0.372 e. The number of hydrogen-bond donors (Lipinski definition) is 2. The van der Waals surface area contributed by atoms with Crippen molar-refractivity contribution in [1.29, 1.82) is 0 Å². The Kier molecular flexibility index (Phi) is 4.76. The summed E-state index contributed by atoms with van der Waals surface area (Å²) in [6, 6.07) is 16.1. The molecular formula is C22H28N4O2S. The van der Waals surface area contributed by atoms with Crippen molar-refractivity contribution in [1.82, 2.24) is 9.62 Å². The van der Waals surface area contributed by atoms with Crippen LogP contribution >= 0.6 is 0 Å². The molecule has 7 heteroatoms. The number of sulfonamides is 1. The molecule has 29 heavy (non-hydrogen) atoms. The minimum atomic E-state index is -3.48. The first-order valence-electron chi connectivity index (χ1n) is 10.5. The van der Waals surface area contributed by atoms with E-state index in [4.69, 9.17) is 0 Å². The van der Waals surface area contributed by atoms with Crippen LogP contribution in [-0.2, 0) is 16.6 Å². The highest BCUT2D eigenvalue weighted by atomic mass is 32.2. The van der Waals surface area contributed by atoms with E-state index in [0.29, 0.717) is 10.6 Å². The van der Waals surface area contributed by atoms with Gasteiger partial charge in [0.2, 0.25) is 10.0 Å². The average Bonchev–Trinajstić information content (AvgIpc) is 3.25. The Hall–Kier alpha value is -2.09. The summed E-state index contributed by atoms with van der Waals surface area (Å²) < 4.78 is 28.3. The Bertz CT molecular complexity index is 976. The van der Waals surface area contributed by atoms with Crippen LogP contribution in [0.25, 0.3) is 0 Å². The molecule has 0 amide bonds. The van der Waals surface area contributed by atoms with Crippen LogP contribution in [0, 0.1) is 0 Å². The van der Waals surface area contributed by atoms with Crippen LogP contribution in [0.3, 0.4) is 0 Å². The van der Waals surface area contributed by atoms with Gasteiger partial charge in [-0.05, 0) is 55.5 Å². The molecule has 6 nitrogen and oxygen atoms in total. The number of para-hydroxylation sites is 1. The molecule has 0 radical (unpaired) electrons. The lowest BCUT2D eigenvalue weighted by Crippen LogP contribution is -2.61. The van der Waals surface area contributed by atoms with Gasteiger partial charge in [-0.25, -0.2) is 8.42 Å². The van der Waals surface area contributed by atoms with Gasteiger partial charge < -0.3 is 10.2 Å². The fourth-order valence-corrected chi connectivity index (χ4v) is 6.31. The highest BCUT2D eigenvalue weighted by Gasteiger charge is 2.42. The van der Waals surface area contributed by atoms with Gasteiger partial charge in [-0.3, -0.25) is 4.90 Å². The first-order valence-corrected chi connectivity index (χ1v) is 12.0. The Labute approximate surface area is 173 Å². The van der Waals surface area contributed by atoms with E-state index in [9.17, 15) is 8.42 Å². The molecule has 3 aliphatic heterocycles. The smallest absolute Gasteiger partial charge is 0.244 e. The summed E-state index contributed by atoms with van der Waals surface area (Å²) in [4.78, 5) is 5.20. The largest absolute Gasteiger partial charge is 0.372 e. The normalized spacial score (nSPS) is 23.0. The maximum absolute atomic E-state index is 12.7. The second-order valence-corrected chi connectivity index (χ2v) is 10.1. The maximum Gasteiger partial charge on any atom is 0.244 e. The summed E-state index contributed by atoms with van der Waals surface area (Å²) in [7, 11) is -3.48. The van der Waals surface area contributed by atoms with Gasteiger partial charge in [0.15, 0.2) is 0 Å². The van der Waals surface area contributed by atoms with Gasteiger partial charge >= 0.3 is 0 Å². The van der Waals surface area contributed by atoms with Gasteiger partial charge in [-0.15, -0.1) is 0 Å². The number of nitrogens with zero attached hydrogens (tertiary/aromatic N) is 2. The SMILES string of the molecule is O=S1(=O)NC2(CCN(Cc3ccc(N4CCCC4)cc3)CC2)Nc2ccccc21. The monoisotopic (exact) mass is 412 g/mol. The fraction of sp³-hybridized carbons (Fsp3) is 0.455. The molecule has 2 N–H and O–H groups in total. The quantitative estimate of drug-likeness (QED) is 0.811. The van der Waals surface area contributed by atoms with Crippen LogP contribution in [0.5, 0.6) is 0 Å². The van der Waals surface area contributed by atoms with Crippen molar-refractivity contribution in [2.75, 3.05) is 36.4 Å². The second kappa shape index (κ2) is 7.31. The van der Waals surface area contributed by atoms with Gasteiger partial charge in [0.1, 0.15) is 10.6 Å². The molecule has 0 unspecified atom stereocenters. The molecule has 2 saturated heterocycles. The Morgan fingerprint density at radius 2 is 1.59 bits per heavy atom. The van der Waals surface area contributed by atoms with Crippen molar-refractivity contribution in [3.05, 3.63) is 54.1 Å². The predicted octanol–water partition coefficient (Wildman–Crippen LogP) is 2.98. The summed E-state index contributed by atoms with van der Waals surface area (Å²) in [6.07, 6.45) is 4.07.